The molecule has 2 rings (SSSR count). The van der Waals surface area contributed by atoms with Gasteiger partial charge < -0.3 is 10.0 Å². The largest absolute Gasteiger partial charge is 0.390 e. The number of benzene rings is 2. The zero-order valence-corrected chi connectivity index (χ0v) is 18.2. The van der Waals surface area contributed by atoms with Crippen LogP contribution < -0.4 is 4.31 Å². The Hall–Kier alpha value is -2.49. The van der Waals surface area contributed by atoms with Crippen LogP contribution in [0.1, 0.15) is 26.7 Å². The molecule has 164 valence electrons. The van der Waals surface area contributed by atoms with Gasteiger partial charge in [-0.05, 0) is 50.2 Å². The molecule has 1 atom stereocenters. The third kappa shape index (κ3) is 6.25. The van der Waals surface area contributed by atoms with E-state index in [0.717, 1.165) is 42.4 Å². The van der Waals surface area contributed by atoms with E-state index in [1.165, 1.54) is 12.1 Å². The first kappa shape index (κ1) is 23.8. The fourth-order valence-electron chi connectivity index (χ4n) is 3.28. The van der Waals surface area contributed by atoms with Gasteiger partial charge in [0, 0.05) is 18.7 Å². The first-order valence-corrected chi connectivity index (χ1v) is 11.5. The van der Waals surface area contributed by atoms with E-state index in [9.17, 15) is 23.6 Å². The molecule has 8 nitrogen and oxygen atoms in total. The van der Waals surface area contributed by atoms with Crippen molar-refractivity contribution in [2.75, 3.05) is 30.5 Å². The van der Waals surface area contributed by atoms with Crippen LogP contribution in [0.15, 0.2) is 59.5 Å². The fraction of sp³-hybridized carbons (Fsp3) is 0.429. The smallest absolute Gasteiger partial charge is 0.269 e. The molecule has 0 saturated carbocycles. The van der Waals surface area contributed by atoms with Crippen molar-refractivity contribution < 1.29 is 18.4 Å². The average Bonchev–Trinajstić information content (AvgIpc) is 2.73. The number of nitrogens with zero attached hydrogens (tertiary/aromatic N) is 3. The average molecular weight is 436 g/mol. The molecule has 0 aliphatic carbocycles. The lowest BCUT2D eigenvalue weighted by Gasteiger charge is -2.30. The fourth-order valence-corrected chi connectivity index (χ4v) is 4.78. The zero-order chi connectivity index (χ0) is 22.1. The molecule has 0 aromatic heterocycles. The van der Waals surface area contributed by atoms with Gasteiger partial charge in [0.15, 0.2) is 0 Å². The number of hydrogen-bond donors (Lipinski definition) is 1. The molecular weight excluding hydrogens is 406 g/mol. The van der Waals surface area contributed by atoms with Gasteiger partial charge in [0.05, 0.1) is 28.2 Å². The Morgan fingerprint density at radius 2 is 1.53 bits per heavy atom. The van der Waals surface area contributed by atoms with Gasteiger partial charge in [-0.2, -0.15) is 0 Å². The van der Waals surface area contributed by atoms with Crippen molar-refractivity contribution in [2.24, 2.45) is 0 Å². The summed E-state index contributed by atoms with van der Waals surface area (Å²) in [5.74, 6) is 0. The highest BCUT2D eigenvalue weighted by molar-refractivity contribution is 7.92. The van der Waals surface area contributed by atoms with Crippen LogP contribution >= 0.6 is 0 Å². The van der Waals surface area contributed by atoms with E-state index in [1.54, 1.807) is 30.3 Å². The molecule has 0 radical (unpaired) electrons. The van der Waals surface area contributed by atoms with Gasteiger partial charge in [-0.1, -0.05) is 32.0 Å². The quantitative estimate of drug-likeness (QED) is 0.405. The summed E-state index contributed by atoms with van der Waals surface area (Å²) in [6, 6.07) is 13.3. The van der Waals surface area contributed by atoms with Crippen molar-refractivity contribution in [3.05, 3.63) is 64.7 Å². The summed E-state index contributed by atoms with van der Waals surface area (Å²) in [7, 11) is -4.02. The van der Waals surface area contributed by atoms with E-state index < -0.39 is 21.1 Å². The molecule has 0 fully saturated rings. The topological polar surface area (TPSA) is 104 Å². The van der Waals surface area contributed by atoms with Crippen molar-refractivity contribution in [1.29, 1.82) is 0 Å². The molecule has 0 amide bonds. The number of non-ortho nitro benzene ring substituents is 1. The summed E-state index contributed by atoms with van der Waals surface area (Å²) in [4.78, 5) is 12.4. The Bertz CT molecular complexity index is 898. The van der Waals surface area contributed by atoms with Gasteiger partial charge in [0.25, 0.3) is 15.7 Å². The Kier molecular flexibility index (Phi) is 8.76. The number of aliphatic hydroxyl groups is 1. The molecule has 1 unspecified atom stereocenters. The van der Waals surface area contributed by atoms with Gasteiger partial charge in [0.1, 0.15) is 0 Å². The number of nitro benzene ring substituents is 1. The van der Waals surface area contributed by atoms with Crippen molar-refractivity contribution in [3.63, 3.8) is 0 Å². The van der Waals surface area contributed by atoms with E-state index >= 15 is 0 Å². The van der Waals surface area contributed by atoms with Gasteiger partial charge in [-0.15, -0.1) is 0 Å². The minimum Gasteiger partial charge on any atom is -0.390 e. The Balaban J connectivity index is 2.32. The molecule has 2 aromatic carbocycles. The van der Waals surface area contributed by atoms with Crippen molar-refractivity contribution >= 4 is 21.4 Å². The number of nitro groups is 1. The summed E-state index contributed by atoms with van der Waals surface area (Å²) in [5.41, 5.74) is 0.238. The van der Waals surface area contributed by atoms with E-state index in [0.29, 0.717) is 12.2 Å². The van der Waals surface area contributed by atoms with Crippen molar-refractivity contribution in [1.82, 2.24) is 4.90 Å². The number of sulfonamides is 1. The third-order valence-electron chi connectivity index (χ3n) is 4.60. The summed E-state index contributed by atoms with van der Waals surface area (Å²) in [6.45, 7) is 6.01. The van der Waals surface area contributed by atoms with Crippen LogP contribution in [0, 0.1) is 10.1 Å². The predicted octanol–water partition coefficient (Wildman–Crippen LogP) is 3.27. The zero-order valence-electron chi connectivity index (χ0n) is 17.3. The van der Waals surface area contributed by atoms with Crippen molar-refractivity contribution in [2.45, 2.75) is 37.7 Å². The molecule has 0 bridgehead atoms. The van der Waals surface area contributed by atoms with Crippen LogP contribution in [0.25, 0.3) is 0 Å². The highest BCUT2D eigenvalue weighted by Crippen LogP contribution is 2.25. The van der Waals surface area contributed by atoms with Crippen LogP contribution in [0.5, 0.6) is 0 Å². The van der Waals surface area contributed by atoms with E-state index in [4.69, 9.17) is 0 Å². The number of anilines is 1. The lowest BCUT2D eigenvalue weighted by atomic mass is 10.2. The third-order valence-corrected chi connectivity index (χ3v) is 6.41. The molecule has 0 heterocycles. The lowest BCUT2D eigenvalue weighted by molar-refractivity contribution is -0.384. The van der Waals surface area contributed by atoms with E-state index in [-0.39, 0.29) is 17.1 Å². The van der Waals surface area contributed by atoms with Crippen LogP contribution in [-0.4, -0.2) is 55.6 Å². The summed E-state index contributed by atoms with van der Waals surface area (Å²) < 4.78 is 27.8. The summed E-state index contributed by atoms with van der Waals surface area (Å²) >= 11 is 0. The maximum Gasteiger partial charge on any atom is 0.269 e. The highest BCUT2D eigenvalue weighted by Gasteiger charge is 2.28. The van der Waals surface area contributed by atoms with Crippen LogP contribution in [0.2, 0.25) is 0 Å². The van der Waals surface area contributed by atoms with Crippen LogP contribution in [0.4, 0.5) is 11.4 Å². The maximum atomic E-state index is 13.3. The lowest BCUT2D eigenvalue weighted by Crippen LogP contribution is -2.43. The van der Waals surface area contributed by atoms with Gasteiger partial charge in [-0.3, -0.25) is 14.4 Å². The van der Waals surface area contributed by atoms with Gasteiger partial charge in [0.2, 0.25) is 0 Å². The van der Waals surface area contributed by atoms with Gasteiger partial charge >= 0.3 is 0 Å². The number of para-hydroxylation sites is 1. The Morgan fingerprint density at radius 3 is 2.03 bits per heavy atom. The normalized spacial score (nSPS) is 12.7. The number of aliphatic hydroxyl groups excluding tert-OH is 1. The predicted molar refractivity (Wildman–Crippen MR) is 117 cm³/mol. The summed E-state index contributed by atoms with van der Waals surface area (Å²) in [6.07, 6.45) is 0.989. The Morgan fingerprint density at radius 1 is 0.967 bits per heavy atom. The molecule has 30 heavy (non-hydrogen) atoms. The van der Waals surface area contributed by atoms with Crippen molar-refractivity contribution in [3.8, 4) is 0 Å². The van der Waals surface area contributed by atoms with Gasteiger partial charge in [-0.25, -0.2) is 8.42 Å². The first-order valence-electron chi connectivity index (χ1n) is 10.0. The maximum absolute atomic E-state index is 13.3. The minimum atomic E-state index is -4.02. The molecule has 9 heteroatoms. The van der Waals surface area contributed by atoms with E-state index in [1.807, 2.05) is 0 Å². The first-order chi connectivity index (χ1) is 14.3. The van der Waals surface area contributed by atoms with E-state index in [2.05, 4.69) is 18.7 Å². The number of hydrogen-bond acceptors (Lipinski definition) is 6. The molecule has 2 aromatic rings. The second-order valence-electron chi connectivity index (χ2n) is 7.08. The molecular formula is C21H29N3O5S. The standard InChI is InChI=1S/C21H29N3O5S/c1-3-14-22(15-4-2)16-20(25)17-23(18-8-6-5-7-9-18)30(28,29)21-12-10-19(11-13-21)24(26)27/h5-13,20,25H,3-4,14-17H2,1-2H3. The SMILES string of the molecule is CCCN(CCC)CC(O)CN(c1ccccc1)S(=O)(=O)c1ccc([N+](=O)[O-])cc1. The molecule has 0 spiro atoms. The number of rotatable bonds is 12. The van der Waals surface area contributed by atoms with Crippen LogP contribution in [0.3, 0.4) is 0 Å². The molecule has 1 N–H and O–H groups in total. The van der Waals surface area contributed by atoms with Crippen LogP contribution in [-0.2, 0) is 10.0 Å². The second kappa shape index (κ2) is 11.1. The Labute approximate surface area is 178 Å². The molecule has 0 saturated heterocycles. The molecule has 0 aliphatic heterocycles. The molecule has 0 aliphatic rings. The highest BCUT2D eigenvalue weighted by atomic mass is 32.2. The summed E-state index contributed by atoms with van der Waals surface area (Å²) in [5, 5.41) is 21.6. The minimum absolute atomic E-state index is 0.0666. The second-order valence-corrected chi connectivity index (χ2v) is 8.94. The monoisotopic (exact) mass is 435 g/mol.